The molecule has 0 fully saturated rings. The van der Waals surface area contributed by atoms with E-state index < -0.39 is 6.04 Å². The molecule has 0 bridgehead atoms. The van der Waals surface area contributed by atoms with E-state index in [4.69, 9.17) is 4.74 Å². The van der Waals surface area contributed by atoms with E-state index in [-0.39, 0.29) is 18.4 Å². The number of amides is 2. The molecule has 172 valence electrons. The number of ether oxygens (including phenoxy) is 1. The van der Waals surface area contributed by atoms with Gasteiger partial charge >= 0.3 is 0 Å². The Kier molecular flexibility index (Phi) is 9.07. The van der Waals surface area contributed by atoms with Crippen molar-refractivity contribution in [3.63, 3.8) is 0 Å². The summed E-state index contributed by atoms with van der Waals surface area (Å²) in [6.07, 6.45) is 0.419. The summed E-state index contributed by atoms with van der Waals surface area (Å²) in [6, 6.07) is 24.4. The summed E-state index contributed by atoms with van der Waals surface area (Å²) in [5.41, 5.74) is 3.06. The van der Waals surface area contributed by atoms with Gasteiger partial charge in [-0.2, -0.15) is 0 Å². The van der Waals surface area contributed by atoms with Crippen LogP contribution in [0.3, 0.4) is 0 Å². The van der Waals surface area contributed by atoms with E-state index in [1.54, 1.807) is 17.0 Å². The second-order valence-corrected chi connectivity index (χ2v) is 8.77. The average molecular weight is 509 g/mol. The minimum absolute atomic E-state index is 0.155. The number of hydrogen-bond donors (Lipinski definition) is 1. The number of nitrogens with zero attached hydrogens (tertiary/aromatic N) is 1. The molecule has 1 atom stereocenters. The van der Waals surface area contributed by atoms with Crippen LogP contribution in [0.2, 0.25) is 0 Å². The molecule has 1 N–H and O–H groups in total. The molecule has 0 heterocycles. The zero-order valence-corrected chi connectivity index (χ0v) is 20.5. The molecule has 0 saturated carbocycles. The van der Waals surface area contributed by atoms with Crippen molar-refractivity contribution in [2.75, 3.05) is 13.2 Å². The van der Waals surface area contributed by atoms with Gasteiger partial charge in [0, 0.05) is 24.0 Å². The van der Waals surface area contributed by atoms with Crippen LogP contribution in [0.25, 0.3) is 0 Å². The molecule has 0 saturated heterocycles. The topological polar surface area (TPSA) is 58.6 Å². The van der Waals surface area contributed by atoms with E-state index >= 15 is 0 Å². The van der Waals surface area contributed by atoms with Crippen LogP contribution >= 0.6 is 15.9 Å². The standard InChI is InChI=1S/C27H29BrN2O3/c1-3-29-27(32)25(17-21-9-5-4-6-10-21)30(18-22-11-7-8-20(2)16-22)26(31)19-33-24-14-12-23(28)13-15-24/h4-16,25H,3,17-19H2,1-2H3,(H,29,32)/t25-/m0/s1. The third-order valence-electron chi connectivity index (χ3n) is 5.23. The minimum Gasteiger partial charge on any atom is -0.484 e. The average Bonchev–Trinajstić information content (AvgIpc) is 2.81. The van der Waals surface area contributed by atoms with Crippen LogP contribution in [-0.4, -0.2) is 35.9 Å². The quantitative estimate of drug-likeness (QED) is 0.423. The molecule has 0 spiro atoms. The predicted octanol–water partition coefficient (Wildman–Crippen LogP) is 4.91. The summed E-state index contributed by atoms with van der Waals surface area (Å²) in [4.78, 5) is 28.2. The first-order chi connectivity index (χ1) is 16.0. The van der Waals surface area contributed by atoms with Crippen molar-refractivity contribution in [3.8, 4) is 5.75 Å². The molecule has 0 unspecified atom stereocenters. The van der Waals surface area contributed by atoms with Gasteiger partial charge in [-0.25, -0.2) is 0 Å². The summed E-state index contributed by atoms with van der Waals surface area (Å²) in [7, 11) is 0. The van der Waals surface area contributed by atoms with Crippen LogP contribution in [0.1, 0.15) is 23.6 Å². The minimum atomic E-state index is -0.658. The summed E-state index contributed by atoms with van der Waals surface area (Å²) < 4.78 is 6.69. The molecular formula is C27H29BrN2O3. The van der Waals surface area contributed by atoms with E-state index in [1.807, 2.05) is 80.6 Å². The van der Waals surface area contributed by atoms with E-state index in [2.05, 4.69) is 21.2 Å². The largest absolute Gasteiger partial charge is 0.484 e. The number of nitrogens with one attached hydrogen (secondary N) is 1. The molecule has 6 heteroatoms. The van der Waals surface area contributed by atoms with Crippen molar-refractivity contribution in [1.29, 1.82) is 0 Å². The second-order valence-electron chi connectivity index (χ2n) is 7.85. The fourth-order valence-electron chi connectivity index (χ4n) is 3.61. The highest BCUT2D eigenvalue weighted by Crippen LogP contribution is 2.18. The first-order valence-electron chi connectivity index (χ1n) is 11.0. The zero-order chi connectivity index (χ0) is 23.6. The summed E-state index contributed by atoms with van der Waals surface area (Å²) >= 11 is 3.40. The van der Waals surface area contributed by atoms with Crippen LogP contribution in [0, 0.1) is 6.92 Å². The van der Waals surface area contributed by atoms with Crippen molar-refractivity contribution < 1.29 is 14.3 Å². The van der Waals surface area contributed by atoms with Gasteiger partial charge in [-0.15, -0.1) is 0 Å². The first kappa shape index (κ1) is 24.5. The van der Waals surface area contributed by atoms with Gasteiger partial charge < -0.3 is 15.0 Å². The molecule has 33 heavy (non-hydrogen) atoms. The third-order valence-corrected chi connectivity index (χ3v) is 5.76. The number of likely N-dealkylation sites (N-methyl/N-ethyl adjacent to an activating group) is 1. The maximum atomic E-state index is 13.4. The smallest absolute Gasteiger partial charge is 0.261 e. The lowest BCUT2D eigenvalue weighted by molar-refractivity contribution is -0.142. The van der Waals surface area contributed by atoms with Crippen LogP contribution in [0.5, 0.6) is 5.75 Å². The monoisotopic (exact) mass is 508 g/mol. The SMILES string of the molecule is CCNC(=O)[C@H](Cc1ccccc1)N(Cc1cccc(C)c1)C(=O)COc1ccc(Br)cc1. The molecule has 3 rings (SSSR count). The zero-order valence-electron chi connectivity index (χ0n) is 19.0. The fraction of sp³-hybridized carbons (Fsp3) is 0.259. The highest BCUT2D eigenvalue weighted by atomic mass is 79.9. The molecule has 0 radical (unpaired) electrons. The van der Waals surface area contributed by atoms with Gasteiger partial charge in [0.1, 0.15) is 11.8 Å². The third kappa shape index (κ3) is 7.46. The molecule has 0 aromatic heterocycles. The molecule has 3 aromatic carbocycles. The summed E-state index contributed by atoms with van der Waals surface area (Å²) in [5, 5.41) is 2.90. The van der Waals surface area contributed by atoms with Gasteiger partial charge in [0.15, 0.2) is 6.61 Å². The molecule has 0 aliphatic rings. The van der Waals surface area contributed by atoms with Crippen LogP contribution in [0.15, 0.2) is 83.3 Å². The van der Waals surface area contributed by atoms with Gasteiger partial charge in [0.2, 0.25) is 5.91 Å². The number of carbonyl (C=O) groups is 2. The highest BCUT2D eigenvalue weighted by Gasteiger charge is 2.30. The summed E-state index contributed by atoms with van der Waals surface area (Å²) in [5.74, 6) is 0.178. The van der Waals surface area contributed by atoms with E-state index in [1.165, 1.54) is 0 Å². The molecule has 2 amide bonds. The Hall–Kier alpha value is -3.12. The van der Waals surface area contributed by atoms with E-state index in [9.17, 15) is 9.59 Å². The van der Waals surface area contributed by atoms with Crippen molar-refractivity contribution in [2.45, 2.75) is 32.9 Å². The Labute approximate surface area is 203 Å². The fourth-order valence-corrected chi connectivity index (χ4v) is 3.88. The molecular weight excluding hydrogens is 480 g/mol. The molecule has 3 aromatic rings. The molecule has 0 aliphatic heterocycles. The van der Waals surface area contributed by atoms with E-state index in [0.717, 1.165) is 21.2 Å². The highest BCUT2D eigenvalue weighted by molar-refractivity contribution is 9.10. The maximum Gasteiger partial charge on any atom is 0.261 e. The Morgan fingerprint density at radius 2 is 1.67 bits per heavy atom. The van der Waals surface area contributed by atoms with E-state index in [0.29, 0.717) is 25.3 Å². The lowest BCUT2D eigenvalue weighted by Crippen LogP contribution is -2.51. The van der Waals surface area contributed by atoms with Gasteiger partial charge in [-0.1, -0.05) is 76.1 Å². The Morgan fingerprint density at radius 1 is 0.970 bits per heavy atom. The van der Waals surface area contributed by atoms with Crippen molar-refractivity contribution in [2.24, 2.45) is 0 Å². The Bertz CT molecular complexity index is 1050. The number of hydrogen-bond acceptors (Lipinski definition) is 3. The molecule has 5 nitrogen and oxygen atoms in total. The van der Waals surface area contributed by atoms with Crippen molar-refractivity contribution >= 4 is 27.7 Å². The first-order valence-corrected chi connectivity index (χ1v) is 11.8. The van der Waals surface area contributed by atoms with Gasteiger partial charge in [-0.3, -0.25) is 9.59 Å². The van der Waals surface area contributed by atoms with Gasteiger partial charge in [0.05, 0.1) is 0 Å². The second kappa shape index (κ2) is 12.2. The number of rotatable bonds is 10. The Balaban J connectivity index is 1.88. The lowest BCUT2D eigenvalue weighted by atomic mass is 10.0. The predicted molar refractivity (Wildman–Crippen MR) is 134 cm³/mol. The van der Waals surface area contributed by atoms with Gasteiger partial charge in [-0.05, 0) is 49.2 Å². The Morgan fingerprint density at radius 3 is 2.33 bits per heavy atom. The normalized spacial score (nSPS) is 11.5. The lowest BCUT2D eigenvalue weighted by Gasteiger charge is -2.31. The van der Waals surface area contributed by atoms with Crippen LogP contribution < -0.4 is 10.1 Å². The summed E-state index contributed by atoms with van der Waals surface area (Å²) in [6.45, 7) is 4.54. The number of aryl methyl sites for hydroxylation is 1. The number of halogens is 1. The number of carbonyl (C=O) groups excluding carboxylic acids is 2. The molecule has 0 aliphatic carbocycles. The van der Waals surface area contributed by atoms with Crippen LogP contribution in [0.4, 0.5) is 0 Å². The van der Waals surface area contributed by atoms with Gasteiger partial charge in [0.25, 0.3) is 5.91 Å². The van der Waals surface area contributed by atoms with Crippen molar-refractivity contribution in [1.82, 2.24) is 10.2 Å². The van der Waals surface area contributed by atoms with Crippen LogP contribution in [-0.2, 0) is 22.6 Å². The maximum absolute atomic E-state index is 13.4. The van der Waals surface area contributed by atoms with Crippen molar-refractivity contribution in [3.05, 3.63) is 100 Å². The number of benzene rings is 3.